The van der Waals surface area contributed by atoms with Crippen molar-refractivity contribution in [3.8, 4) is 0 Å². The Labute approximate surface area is 153 Å². The molecule has 0 fully saturated rings. The molecule has 2 N–H and O–H groups in total. The van der Waals surface area contributed by atoms with E-state index in [2.05, 4.69) is 16.0 Å². The Morgan fingerprint density at radius 3 is 2.42 bits per heavy atom. The van der Waals surface area contributed by atoms with E-state index in [0.717, 1.165) is 0 Å². The number of aromatic nitrogens is 2. The van der Waals surface area contributed by atoms with Gasteiger partial charge in [-0.3, -0.25) is 25.2 Å². The second-order valence-electron chi connectivity index (χ2n) is 6.16. The zero-order valence-corrected chi connectivity index (χ0v) is 15.2. The second-order valence-corrected chi connectivity index (χ2v) is 7.11. The second kappa shape index (κ2) is 7.49. The number of carbonyl (C=O) groups is 2. The van der Waals surface area contributed by atoms with E-state index in [4.69, 9.17) is 0 Å². The number of fused-ring (bicyclic) bond motifs is 1. The molecule has 0 unspecified atom stereocenters. The fourth-order valence-electron chi connectivity index (χ4n) is 2.51. The number of nitrogens with zero attached hydrogens (tertiary/aromatic N) is 2. The van der Waals surface area contributed by atoms with Crippen LogP contribution >= 0.6 is 11.3 Å². The topological polar surface area (TPSA) is 93.1 Å². The predicted octanol–water partition coefficient (Wildman–Crippen LogP) is 2.19. The van der Waals surface area contributed by atoms with Gasteiger partial charge in [0.25, 0.3) is 17.4 Å². The third kappa shape index (κ3) is 3.65. The normalized spacial score (nSPS) is 10.9. The van der Waals surface area contributed by atoms with Gasteiger partial charge in [-0.1, -0.05) is 38.1 Å². The van der Waals surface area contributed by atoms with E-state index in [9.17, 15) is 14.4 Å². The van der Waals surface area contributed by atoms with Crippen LogP contribution in [0.1, 0.15) is 34.0 Å². The van der Waals surface area contributed by atoms with Gasteiger partial charge >= 0.3 is 0 Å². The number of hydrogen-bond donors (Lipinski definition) is 2. The van der Waals surface area contributed by atoms with E-state index in [-0.39, 0.29) is 17.2 Å². The van der Waals surface area contributed by atoms with Gasteiger partial charge < -0.3 is 0 Å². The molecule has 3 aromatic rings. The fourth-order valence-corrected chi connectivity index (χ4v) is 3.13. The molecular formula is C18H18N4O3S. The van der Waals surface area contributed by atoms with Gasteiger partial charge in [-0.2, -0.15) is 5.10 Å². The van der Waals surface area contributed by atoms with Gasteiger partial charge in [-0.25, -0.2) is 4.68 Å². The Morgan fingerprint density at radius 2 is 1.77 bits per heavy atom. The molecule has 0 atom stereocenters. The number of rotatable bonds is 4. The largest absolute Gasteiger partial charge is 0.290 e. The molecule has 2 aromatic heterocycles. The van der Waals surface area contributed by atoms with Gasteiger partial charge in [0.15, 0.2) is 5.69 Å². The van der Waals surface area contributed by atoms with Crippen molar-refractivity contribution in [2.24, 2.45) is 5.92 Å². The van der Waals surface area contributed by atoms with Crippen LogP contribution in [0.4, 0.5) is 0 Å². The molecule has 7 nitrogen and oxygen atoms in total. The van der Waals surface area contributed by atoms with Gasteiger partial charge in [0.1, 0.15) is 0 Å². The highest BCUT2D eigenvalue weighted by molar-refractivity contribution is 7.12. The van der Waals surface area contributed by atoms with E-state index >= 15 is 0 Å². The number of amides is 2. The Morgan fingerprint density at radius 1 is 1.08 bits per heavy atom. The number of thiophene rings is 1. The quantitative estimate of drug-likeness (QED) is 0.689. The zero-order chi connectivity index (χ0) is 18.7. The number of nitrogens with one attached hydrogen (secondary N) is 2. The molecule has 26 heavy (non-hydrogen) atoms. The van der Waals surface area contributed by atoms with Gasteiger partial charge in [0.2, 0.25) is 0 Å². The minimum atomic E-state index is -0.580. The van der Waals surface area contributed by atoms with Crippen LogP contribution < -0.4 is 16.4 Å². The molecule has 1 aromatic carbocycles. The minimum Gasteiger partial charge on any atom is -0.267 e. The first-order chi connectivity index (χ1) is 12.5. The van der Waals surface area contributed by atoms with Gasteiger partial charge in [0.05, 0.1) is 10.3 Å². The molecule has 0 radical (unpaired) electrons. The first-order valence-corrected chi connectivity index (χ1v) is 8.99. The van der Waals surface area contributed by atoms with Crippen molar-refractivity contribution in [1.82, 2.24) is 20.6 Å². The fraction of sp³-hybridized carbons (Fsp3) is 0.222. The lowest BCUT2D eigenvalue weighted by Gasteiger charge is -2.13. The van der Waals surface area contributed by atoms with E-state index in [1.54, 1.807) is 41.8 Å². The minimum absolute atomic E-state index is 0.0901. The summed E-state index contributed by atoms with van der Waals surface area (Å²) in [7, 11) is 0. The van der Waals surface area contributed by atoms with Crippen molar-refractivity contribution in [2.75, 3.05) is 0 Å². The van der Waals surface area contributed by atoms with Crippen molar-refractivity contribution >= 4 is 33.9 Å². The molecule has 0 spiro atoms. The summed E-state index contributed by atoms with van der Waals surface area (Å²) in [6.07, 6.45) is 0. The SMILES string of the molecule is CC(C)Cn1nc(C(=O)NNC(=O)c2cccs2)c2ccccc2c1=O. The maximum Gasteiger partial charge on any atom is 0.290 e. The van der Waals surface area contributed by atoms with Crippen LogP contribution in [0.15, 0.2) is 46.6 Å². The van der Waals surface area contributed by atoms with E-state index in [0.29, 0.717) is 22.2 Å². The summed E-state index contributed by atoms with van der Waals surface area (Å²) in [6.45, 7) is 4.32. The lowest BCUT2D eigenvalue weighted by Crippen LogP contribution is -2.42. The Kier molecular flexibility index (Phi) is 5.13. The third-order valence-corrected chi connectivity index (χ3v) is 4.52. The van der Waals surface area contributed by atoms with Crippen molar-refractivity contribution < 1.29 is 9.59 Å². The molecule has 0 aliphatic heterocycles. The highest BCUT2D eigenvalue weighted by Gasteiger charge is 2.18. The average Bonchev–Trinajstić information content (AvgIpc) is 3.16. The molecule has 134 valence electrons. The first-order valence-electron chi connectivity index (χ1n) is 8.11. The maximum absolute atomic E-state index is 12.6. The summed E-state index contributed by atoms with van der Waals surface area (Å²) in [5, 5.41) is 6.86. The number of hydrogen-bond acceptors (Lipinski definition) is 5. The van der Waals surface area contributed by atoms with Crippen LogP contribution in [0.5, 0.6) is 0 Å². The number of benzene rings is 1. The lowest BCUT2D eigenvalue weighted by atomic mass is 10.1. The molecule has 2 amide bonds. The summed E-state index contributed by atoms with van der Waals surface area (Å²) in [5.41, 5.74) is 4.58. The zero-order valence-electron chi connectivity index (χ0n) is 14.4. The van der Waals surface area contributed by atoms with Crippen molar-refractivity contribution in [2.45, 2.75) is 20.4 Å². The predicted molar refractivity (Wildman–Crippen MR) is 100 cm³/mol. The highest BCUT2D eigenvalue weighted by atomic mass is 32.1. The molecule has 0 aliphatic rings. The average molecular weight is 370 g/mol. The molecule has 0 saturated carbocycles. The number of carbonyl (C=O) groups excluding carboxylic acids is 2. The Bertz CT molecular complexity index is 1010. The first kappa shape index (κ1) is 17.8. The number of hydrazine groups is 1. The van der Waals surface area contributed by atoms with Gasteiger partial charge in [0, 0.05) is 11.9 Å². The van der Waals surface area contributed by atoms with E-state index in [1.165, 1.54) is 16.0 Å². The standard InChI is InChI=1S/C18H18N4O3S/c1-11(2)10-22-18(25)13-7-4-3-6-12(13)15(21-22)17(24)20-19-16(23)14-8-5-9-26-14/h3-9,11H,10H2,1-2H3,(H,19,23)(H,20,24). The van der Waals surface area contributed by atoms with Crippen molar-refractivity contribution in [3.63, 3.8) is 0 Å². The third-order valence-electron chi connectivity index (χ3n) is 3.66. The van der Waals surface area contributed by atoms with Crippen LogP contribution in [0, 0.1) is 5.92 Å². The maximum atomic E-state index is 12.6. The van der Waals surface area contributed by atoms with Crippen LogP contribution in [-0.4, -0.2) is 21.6 Å². The van der Waals surface area contributed by atoms with E-state index < -0.39 is 11.8 Å². The van der Waals surface area contributed by atoms with Gasteiger partial charge in [-0.15, -0.1) is 11.3 Å². The summed E-state index contributed by atoms with van der Waals surface area (Å²) >= 11 is 1.27. The summed E-state index contributed by atoms with van der Waals surface area (Å²) in [6, 6.07) is 10.2. The molecule has 0 bridgehead atoms. The monoisotopic (exact) mass is 370 g/mol. The molecule has 0 aliphatic carbocycles. The molecule has 8 heteroatoms. The van der Waals surface area contributed by atoms with Crippen LogP contribution in [0.2, 0.25) is 0 Å². The summed E-state index contributed by atoms with van der Waals surface area (Å²) < 4.78 is 1.29. The summed E-state index contributed by atoms with van der Waals surface area (Å²) in [4.78, 5) is 37.6. The van der Waals surface area contributed by atoms with E-state index in [1.807, 2.05) is 13.8 Å². The summed E-state index contributed by atoms with van der Waals surface area (Å²) in [5.74, 6) is -0.799. The molecule has 0 saturated heterocycles. The Balaban J connectivity index is 1.92. The van der Waals surface area contributed by atoms with Crippen molar-refractivity contribution in [1.29, 1.82) is 0 Å². The van der Waals surface area contributed by atoms with Gasteiger partial charge in [-0.05, 0) is 23.4 Å². The van der Waals surface area contributed by atoms with Crippen LogP contribution in [0.25, 0.3) is 10.8 Å². The molecule has 3 rings (SSSR count). The van der Waals surface area contributed by atoms with Crippen molar-refractivity contribution in [3.05, 3.63) is 62.7 Å². The highest BCUT2D eigenvalue weighted by Crippen LogP contribution is 2.14. The lowest BCUT2D eigenvalue weighted by molar-refractivity contribution is 0.0845. The Hall–Kier alpha value is -3.00. The smallest absolute Gasteiger partial charge is 0.267 e. The van der Waals surface area contributed by atoms with Crippen LogP contribution in [0.3, 0.4) is 0 Å². The molecular weight excluding hydrogens is 352 g/mol. The molecule has 2 heterocycles. The van der Waals surface area contributed by atoms with Crippen LogP contribution in [-0.2, 0) is 6.54 Å².